The molecule has 0 radical (unpaired) electrons. The third-order valence-corrected chi connectivity index (χ3v) is 3.50. The van der Waals surface area contributed by atoms with E-state index in [1.807, 2.05) is 27.7 Å². The first-order valence-corrected chi connectivity index (χ1v) is 6.26. The van der Waals surface area contributed by atoms with Crippen LogP contribution in [0, 0.1) is 17.8 Å². The monoisotopic (exact) mass is 251 g/mol. The van der Waals surface area contributed by atoms with Crippen molar-refractivity contribution < 1.29 is 14.3 Å². The van der Waals surface area contributed by atoms with E-state index in [1.165, 1.54) is 0 Å². The maximum atomic E-state index is 12.3. The number of nitrogens with zero attached hydrogens (tertiary/aromatic N) is 1. The van der Waals surface area contributed by atoms with Gasteiger partial charge in [0.2, 0.25) is 0 Å². The number of carbonyl (C=O) groups excluding carboxylic acids is 1. The second kappa shape index (κ2) is 3.89. The van der Waals surface area contributed by atoms with Gasteiger partial charge in [0, 0.05) is 12.0 Å². The van der Waals surface area contributed by atoms with E-state index in [-0.39, 0.29) is 17.0 Å². The molecule has 0 bridgehead atoms. The molecule has 1 spiro atoms. The zero-order valence-corrected chi connectivity index (χ0v) is 11.6. The Morgan fingerprint density at radius 3 is 2.44 bits per heavy atom. The molecule has 4 heteroatoms. The largest absolute Gasteiger partial charge is 0.444 e. The maximum absolute atomic E-state index is 12.3. The topological polar surface area (TPSA) is 38.8 Å². The summed E-state index contributed by atoms with van der Waals surface area (Å²) in [5, 5.41) is 0. The molecule has 2 saturated heterocycles. The van der Waals surface area contributed by atoms with E-state index in [2.05, 4.69) is 5.92 Å². The van der Waals surface area contributed by atoms with Gasteiger partial charge in [0.1, 0.15) is 5.60 Å². The molecule has 0 aromatic rings. The molecule has 4 nitrogen and oxygen atoms in total. The van der Waals surface area contributed by atoms with Gasteiger partial charge < -0.3 is 9.47 Å². The van der Waals surface area contributed by atoms with Crippen molar-refractivity contribution in [3.8, 4) is 12.3 Å². The lowest BCUT2D eigenvalue weighted by Gasteiger charge is -2.44. The standard InChI is InChI=1S/C14H21NO3/c1-6-13(5)7-14(9-17-10-14)15(8-13)11(16)18-12(2,3)4/h1H,7-10H2,2-5H3. The average molecular weight is 251 g/mol. The van der Waals surface area contributed by atoms with Gasteiger partial charge in [-0.15, -0.1) is 6.42 Å². The molecule has 1 atom stereocenters. The zero-order chi connectivity index (χ0) is 13.6. The fourth-order valence-electron chi connectivity index (χ4n) is 2.66. The van der Waals surface area contributed by atoms with Crippen molar-refractivity contribution in [2.75, 3.05) is 19.8 Å². The number of carbonyl (C=O) groups is 1. The number of hydrogen-bond acceptors (Lipinski definition) is 3. The van der Waals surface area contributed by atoms with E-state index in [0.717, 1.165) is 6.42 Å². The highest BCUT2D eigenvalue weighted by Crippen LogP contribution is 2.45. The van der Waals surface area contributed by atoms with E-state index in [4.69, 9.17) is 15.9 Å². The summed E-state index contributed by atoms with van der Waals surface area (Å²) in [6.45, 7) is 9.27. The summed E-state index contributed by atoms with van der Waals surface area (Å²) in [4.78, 5) is 14.0. The van der Waals surface area contributed by atoms with Crippen LogP contribution in [0.3, 0.4) is 0 Å². The van der Waals surface area contributed by atoms with Crippen molar-refractivity contribution in [1.29, 1.82) is 0 Å². The molecular formula is C14H21NO3. The lowest BCUT2D eigenvalue weighted by atomic mass is 9.82. The van der Waals surface area contributed by atoms with Crippen LogP contribution in [-0.2, 0) is 9.47 Å². The maximum Gasteiger partial charge on any atom is 0.410 e. The molecule has 2 fully saturated rings. The molecule has 1 amide bonds. The quantitative estimate of drug-likeness (QED) is 0.618. The van der Waals surface area contributed by atoms with E-state index < -0.39 is 5.60 Å². The molecule has 100 valence electrons. The van der Waals surface area contributed by atoms with Crippen LogP contribution in [0.4, 0.5) is 4.79 Å². The SMILES string of the molecule is C#CC1(C)CN(C(=O)OC(C)(C)C)C2(COC2)C1. The predicted octanol–water partition coefficient (Wildman–Crippen LogP) is 2.04. The highest BCUT2D eigenvalue weighted by atomic mass is 16.6. The van der Waals surface area contributed by atoms with Crippen molar-refractivity contribution in [3.05, 3.63) is 0 Å². The summed E-state index contributed by atoms with van der Waals surface area (Å²) < 4.78 is 10.7. The molecule has 1 unspecified atom stereocenters. The first-order chi connectivity index (χ1) is 8.20. The van der Waals surface area contributed by atoms with Crippen LogP contribution in [0.1, 0.15) is 34.1 Å². The van der Waals surface area contributed by atoms with Crippen LogP contribution in [0.25, 0.3) is 0 Å². The number of likely N-dealkylation sites (tertiary alicyclic amines) is 1. The van der Waals surface area contributed by atoms with Crippen LogP contribution in [0.5, 0.6) is 0 Å². The van der Waals surface area contributed by atoms with Gasteiger partial charge in [0.25, 0.3) is 0 Å². The van der Waals surface area contributed by atoms with Gasteiger partial charge in [-0.05, 0) is 34.1 Å². The van der Waals surface area contributed by atoms with Crippen LogP contribution in [0.2, 0.25) is 0 Å². The van der Waals surface area contributed by atoms with E-state index in [0.29, 0.717) is 19.8 Å². The van der Waals surface area contributed by atoms with Crippen LogP contribution >= 0.6 is 0 Å². The summed E-state index contributed by atoms with van der Waals surface area (Å²) in [7, 11) is 0. The molecule has 2 aliphatic heterocycles. The van der Waals surface area contributed by atoms with Crippen LogP contribution in [0.15, 0.2) is 0 Å². The van der Waals surface area contributed by atoms with Crippen molar-refractivity contribution in [3.63, 3.8) is 0 Å². The Kier molecular flexibility index (Phi) is 2.86. The second-order valence-corrected chi connectivity index (χ2v) is 6.67. The Morgan fingerprint density at radius 2 is 2.06 bits per heavy atom. The molecular weight excluding hydrogens is 230 g/mol. The molecule has 2 rings (SSSR count). The minimum Gasteiger partial charge on any atom is -0.444 e. The van der Waals surface area contributed by atoms with Gasteiger partial charge >= 0.3 is 6.09 Å². The lowest BCUT2D eigenvalue weighted by molar-refractivity contribution is -0.120. The Labute approximate surface area is 109 Å². The molecule has 0 aliphatic carbocycles. The van der Waals surface area contributed by atoms with Crippen LogP contribution in [-0.4, -0.2) is 41.9 Å². The predicted molar refractivity (Wildman–Crippen MR) is 68.0 cm³/mol. The summed E-state index contributed by atoms with van der Waals surface area (Å²) in [6, 6.07) is 0. The Bertz CT molecular complexity index is 400. The van der Waals surface area contributed by atoms with E-state index in [1.54, 1.807) is 4.90 Å². The summed E-state index contributed by atoms with van der Waals surface area (Å²) in [5.74, 6) is 2.81. The Balaban J connectivity index is 2.17. The van der Waals surface area contributed by atoms with Crippen LogP contribution < -0.4 is 0 Å². The minimum atomic E-state index is -0.488. The number of terminal acetylenes is 1. The first kappa shape index (κ1) is 13.2. The third-order valence-electron chi connectivity index (χ3n) is 3.50. The first-order valence-electron chi connectivity index (χ1n) is 6.26. The average Bonchev–Trinajstić information content (AvgIpc) is 2.51. The van der Waals surface area contributed by atoms with Gasteiger partial charge in [0.15, 0.2) is 0 Å². The van der Waals surface area contributed by atoms with Crippen molar-refractivity contribution >= 4 is 6.09 Å². The molecule has 0 aromatic heterocycles. The van der Waals surface area contributed by atoms with Crippen molar-refractivity contribution in [1.82, 2.24) is 4.90 Å². The smallest absolute Gasteiger partial charge is 0.410 e. The Hall–Kier alpha value is -1.21. The number of hydrogen-bond donors (Lipinski definition) is 0. The highest BCUT2D eigenvalue weighted by Gasteiger charge is 2.57. The molecule has 0 N–H and O–H groups in total. The molecule has 0 aromatic carbocycles. The molecule has 0 saturated carbocycles. The Morgan fingerprint density at radius 1 is 1.44 bits per heavy atom. The number of amides is 1. The molecule has 18 heavy (non-hydrogen) atoms. The number of ether oxygens (including phenoxy) is 2. The van der Waals surface area contributed by atoms with Gasteiger partial charge in [0.05, 0.1) is 18.8 Å². The summed E-state index contributed by atoms with van der Waals surface area (Å²) >= 11 is 0. The summed E-state index contributed by atoms with van der Waals surface area (Å²) in [6.07, 6.45) is 6.09. The normalized spacial score (nSPS) is 29.8. The number of rotatable bonds is 0. The van der Waals surface area contributed by atoms with E-state index >= 15 is 0 Å². The zero-order valence-electron chi connectivity index (χ0n) is 11.6. The van der Waals surface area contributed by atoms with Crippen molar-refractivity contribution in [2.24, 2.45) is 5.41 Å². The minimum absolute atomic E-state index is 0.247. The van der Waals surface area contributed by atoms with Gasteiger partial charge in [-0.3, -0.25) is 4.90 Å². The molecule has 2 heterocycles. The second-order valence-electron chi connectivity index (χ2n) is 6.67. The van der Waals surface area contributed by atoms with E-state index in [9.17, 15) is 4.79 Å². The van der Waals surface area contributed by atoms with Gasteiger partial charge in [-0.2, -0.15) is 0 Å². The van der Waals surface area contributed by atoms with Gasteiger partial charge in [-0.25, -0.2) is 4.79 Å². The fraction of sp³-hybridized carbons (Fsp3) is 0.786. The van der Waals surface area contributed by atoms with Gasteiger partial charge in [-0.1, -0.05) is 5.92 Å². The van der Waals surface area contributed by atoms with Crippen molar-refractivity contribution in [2.45, 2.75) is 45.3 Å². The molecule has 2 aliphatic rings. The highest BCUT2D eigenvalue weighted by molar-refractivity contribution is 5.70. The lowest BCUT2D eigenvalue weighted by Crippen LogP contribution is -2.61. The fourth-order valence-corrected chi connectivity index (χ4v) is 2.66. The summed E-state index contributed by atoms with van der Waals surface area (Å²) in [5.41, 5.74) is -1.01. The third kappa shape index (κ3) is 2.20.